The van der Waals surface area contributed by atoms with Crippen molar-refractivity contribution >= 4 is 28.5 Å². The number of hydrogen-bond donors (Lipinski definition) is 1. The minimum absolute atomic E-state index is 0.0605. The third kappa shape index (κ3) is 5.28. The van der Waals surface area contributed by atoms with Gasteiger partial charge in [-0.25, -0.2) is 9.67 Å². The lowest BCUT2D eigenvalue weighted by atomic mass is 10.1. The predicted molar refractivity (Wildman–Crippen MR) is 120 cm³/mol. The van der Waals surface area contributed by atoms with Crippen molar-refractivity contribution in [2.45, 2.75) is 25.7 Å². The first-order chi connectivity index (χ1) is 16.2. The highest BCUT2D eigenvalue weighted by molar-refractivity contribution is 6.31. The molecule has 1 amide bonds. The second-order valence-corrected chi connectivity index (χ2v) is 8.01. The number of nitrogens with zero attached hydrogens (tertiary/aromatic N) is 4. The van der Waals surface area contributed by atoms with Crippen LogP contribution in [-0.4, -0.2) is 31.8 Å². The van der Waals surface area contributed by atoms with Gasteiger partial charge in [0.05, 0.1) is 31.3 Å². The summed E-state index contributed by atoms with van der Waals surface area (Å²) < 4.78 is 41.6. The molecular formula is C23H19ClF3N5O2. The Morgan fingerprint density at radius 1 is 1.12 bits per heavy atom. The number of amides is 1. The first-order valence-corrected chi connectivity index (χ1v) is 10.7. The van der Waals surface area contributed by atoms with Crippen LogP contribution in [0.25, 0.3) is 11.0 Å². The van der Waals surface area contributed by atoms with E-state index in [0.717, 1.165) is 12.1 Å². The van der Waals surface area contributed by atoms with Crippen molar-refractivity contribution in [2.75, 3.05) is 6.54 Å². The monoisotopic (exact) mass is 489 g/mol. The zero-order valence-electron chi connectivity index (χ0n) is 17.7. The molecule has 34 heavy (non-hydrogen) atoms. The maximum absolute atomic E-state index is 13.0. The highest BCUT2D eigenvalue weighted by atomic mass is 35.5. The number of alkyl halides is 3. The predicted octanol–water partition coefficient (Wildman–Crippen LogP) is 3.67. The molecule has 0 saturated carbocycles. The Bertz CT molecular complexity index is 1400. The number of hydrogen-bond acceptors (Lipinski definition) is 4. The van der Waals surface area contributed by atoms with Crippen molar-refractivity contribution in [1.82, 2.24) is 24.6 Å². The summed E-state index contributed by atoms with van der Waals surface area (Å²) in [4.78, 5) is 29.2. The molecule has 11 heteroatoms. The summed E-state index contributed by atoms with van der Waals surface area (Å²) in [5, 5.41) is 7.69. The minimum Gasteiger partial charge on any atom is -0.354 e. The maximum Gasteiger partial charge on any atom is 0.416 e. The number of carbonyl (C=O) groups is 1. The summed E-state index contributed by atoms with van der Waals surface area (Å²) in [5.74, 6) is -0.207. The third-order valence-corrected chi connectivity index (χ3v) is 5.55. The van der Waals surface area contributed by atoms with Crippen LogP contribution in [0.15, 0.2) is 65.8 Å². The van der Waals surface area contributed by atoms with Gasteiger partial charge >= 0.3 is 6.18 Å². The fourth-order valence-electron chi connectivity index (χ4n) is 3.49. The summed E-state index contributed by atoms with van der Waals surface area (Å²) >= 11 is 6.07. The summed E-state index contributed by atoms with van der Waals surface area (Å²) in [6.45, 7) is 0.478. The van der Waals surface area contributed by atoms with Crippen LogP contribution in [-0.2, 0) is 30.5 Å². The van der Waals surface area contributed by atoms with E-state index in [4.69, 9.17) is 11.6 Å². The summed E-state index contributed by atoms with van der Waals surface area (Å²) in [7, 11) is 0. The van der Waals surface area contributed by atoms with Gasteiger partial charge < -0.3 is 5.32 Å². The molecule has 0 fully saturated rings. The van der Waals surface area contributed by atoms with E-state index in [1.54, 1.807) is 24.3 Å². The van der Waals surface area contributed by atoms with E-state index in [-0.39, 0.29) is 37.3 Å². The zero-order valence-corrected chi connectivity index (χ0v) is 18.5. The van der Waals surface area contributed by atoms with Crippen molar-refractivity contribution in [1.29, 1.82) is 0 Å². The van der Waals surface area contributed by atoms with Crippen LogP contribution in [0.4, 0.5) is 13.2 Å². The van der Waals surface area contributed by atoms with E-state index in [1.165, 1.54) is 33.9 Å². The van der Waals surface area contributed by atoms with Crippen molar-refractivity contribution in [3.63, 3.8) is 0 Å². The molecule has 0 atom stereocenters. The zero-order chi connectivity index (χ0) is 24.3. The molecule has 2 aromatic heterocycles. The van der Waals surface area contributed by atoms with E-state index < -0.39 is 17.3 Å². The molecule has 4 aromatic rings. The Labute approximate surface area is 196 Å². The molecule has 0 spiro atoms. The van der Waals surface area contributed by atoms with Gasteiger partial charge in [0, 0.05) is 11.6 Å². The number of benzene rings is 2. The molecule has 0 radical (unpaired) electrons. The van der Waals surface area contributed by atoms with E-state index in [9.17, 15) is 22.8 Å². The van der Waals surface area contributed by atoms with E-state index in [0.29, 0.717) is 21.8 Å². The lowest BCUT2D eigenvalue weighted by molar-refractivity contribution is -0.137. The van der Waals surface area contributed by atoms with Crippen LogP contribution in [0.2, 0.25) is 5.02 Å². The Morgan fingerprint density at radius 3 is 2.68 bits per heavy atom. The van der Waals surface area contributed by atoms with Crippen molar-refractivity contribution in [3.8, 4) is 0 Å². The van der Waals surface area contributed by atoms with Gasteiger partial charge in [0.2, 0.25) is 5.91 Å². The van der Waals surface area contributed by atoms with E-state index in [2.05, 4.69) is 15.4 Å². The molecule has 0 aliphatic rings. The fourth-order valence-corrected chi connectivity index (χ4v) is 3.70. The molecule has 0 bridgehead atoms. The largest absolute Gasteiger partial charge is 0.416 e. The summed E-state index contributed by atoms with van der Waals surface area (Å²) in [6, 6.07) is 11.9. The topological polar surface area (TPSA) is 81.8 Å². The first kappa shape index (κ1) is 23.5. The van der Waals surface area contributed by atoms with Gasteiger partial charge in [0.25, 0.3) is 5.56 Å². The van der Waals surface area contributed by atoms with Gasteiger partial charge in [-0.05, 0) is 29.3 Å². The molecule has 0 aliphatic carbocycles. The molecule has 0 unspecified atom stereocenters. The van der Waals surface area contributed by atoms with Crippen LogP contribution in [0.3, 0.4) is 0 Å². The average molecular weight is 490 g/mol. The van der Waals surface area contributed by atoms with E-state index >= 15 is 0 Å². The highest BCUT2D eigenvalue weighted by Gasteiger charge is 2.30. The number of fused-ring (bicyclic) bond motifs is 1. The molecule has 0 aliphatic heterocycles. The van der Waals surface area contributed by atoms with Gasteiger partial charge in [-0.3, -0.25) is 14.2 Å². The Morgan fingerprint density at radius 2 is 1.91 bits per heavy atom. The number of halogens is 4. The third-order valence-electron chi connectivity index (χ3n) is 5.18. The number of nitrogens with one attached hydrogen (secondary N) is 1. The lowest BCUT2D eigenvalue weighted by Crippen LogP contribution is -2.29. The standard InChI is InChI=1S/C23H19ClF3N5O2/c24-19-7-2-1-5-16(19)11-20(33)28-8-9-32-21-18(12-30-32)22(34)31(14-29-21)13-15-4-3-6-17(10-15)23(25,26)27/h1-7,10,12,14H,8-9,11,13H2,(H,28,33). The van der Waals surface area contributed by atoms with Crippen molar-refractivity contribution < 1.29 is 18.0 Å². The minimum atomic E-state index is -4.47. The maximum atomic E-state index is 13.0. The van der Waals surface area contributed by atoms with Crippen LogP contribution in [0, 0.1) is 0 Å². The van der Waals surface area contributed by atoms with Crippen molar-refractivity contribution in [3.05, 3.63) is 93.1 Å². The number of aromatic nitrogens is 4. The molecule has 176 valence electrons. The smallest absolute Gasteiger partial charge is 0.354 e. The fraction of sp³-hybridized carbons (Fsp3) is 0.217. The van der Waals surface area contributed by atoms with Crippen LogP contribution in [0.1, 0.15) is 16.7 Å². The number of rotatable bonds is 7. The average Bonchev–Trinajstić information content (AvgIpc) is 3.21. The normalized spacial score (nSPS) is 11.6. The Kier molecular flexibility index (Phi) is 6.69. The first-order valence-electron chi connectivity index (χ1n) is 10.3. The van der Waals surface area contributed by atoms with Crippen LogP contribution >= 0.6 is 11.6 Å². The van der Waals surface area contributed by atoms with Crippen LogP contribution < -0.4 is 10.9 Å². The molecule has 2 aromatic carbocycles. The SMILES string of the molecule is O=C(Cc1ccccc1Cl)NCCn1ncc2c(=O)n(Cc3cccc(C(F)(F)F)c3)cnc21. The highest BCUT2D eigenvalue weighted by Crippen LogP contribution is 2.29. The Balaban J connectivity index is 1.42. The Hall–Kier alpha value is -3.66. The van der Waals surface area contributed by atoms with Gasteiger partial charge in [0.15, 0.2) is 5.65 Å². The lowest BCUT2D eigenvalue weighted by Gasteiger charge is -2.10. The second-order valence-electron chi connectivity index (χ2n) is 7.60. The molecule has 4 rings (SSSR count). The summed E-state index contributed by atoms with van der Waals surface area (Å²) in [5.41, 5.74) is 0.166. The van der Waals surface area contributed by atoms with Gasteiger partial charge in [-0.2, -0.15) is 18.3 Å². The quantitative estimate of drug-likeness (QED) is 0.429. The summed E-state index contributed by atoms with van der Waals surface area (Å²) in [6.07, 6.45) is -1.69. The molecule has 0 saturated heterocycles. The second kappa shape index (κ2) is 9.68. The molecule has 1 N–H and O–H groups in total. The number of carbonyl (C=O) groups excluding carboxylic acids is 1. The molecular weight excluding hydrogens is 471 g/mol. The van der Waals surface area contributed by atoms with Gasteiger partial charge in [0.1, 0.15) is 11.7 Å². The van der Waals surface area contributed by atoms with E-state index in [1.807, 2.05) is 0 Å². The van der Waals surface area contributed by atoms with Gasteiger partial charge in [-0.15, -0.1) is 0 Å². The molecule has 7 nitrogen and oxygen atoms in total. The van der Waals surface area contributed by atoms with Gasteiger partial charge in [-0.1, -0.05) is 41.9 Å². The molecule has 2 heterocycles. The van der Waals surface area contributed by atoms with Crippen molar-refractivity contribution in [2.24, 2.45) is 0 Å². The van der Waals surface area contributed by atoms with Crippen LogP contribution in [0.5, 0.6) is 0 Å².